The maximum atomic E-state index is 14.3. The lowest BCUT2D eigenvalue weighted by molar-refractivity contribution is -0.134. The summed E-state index contributed by atoms with van der Waals surface area (Å²) in [6.07, 6.45) is 4.94. The molecule has 4 aromatic heterocycles. The van der Waals surface area contributed by atoms with Crippen LogP contribution in [0.3, 0.4) is 0 Å². The largest absolute Gasteiger partial charge is 0.369 e. The summed E-state index contributed by atoms with van der Waals surface area (Å²) in [4.78, 5) is 48.9. The summed E-state index contributed by atoms with van der Waals surface area (Å²) in [5.74, 6) is -0.694. The summed E-state index contributed by atoms with van der Waals surface area (Å²) in [6, 6.07) is 7.51. The number of aromatic nitrogens is 7. The highest BCUT2D eigenvalue weighted by Gasteiger charge is 2.33. The van der Waals surface area contributed by atoms with E-state index in [1.54, 1.807) is 21.8 Å². The second kappa shape index (κ2) is 15.9. The third-order valence-electron chi connectivity index (χ3n) is 12.4. The number of nitrogens with zero attached hydrogens (tertiary/aromatic N) is 10. The molecule has 59 heavy (non-hydrogen) atoms. The molecule has 1 unspecified atom stereocenters. The van der Waals surface area contributed by atoms with Crippen LogP contribution in [0.4, 0.5) is 30.4 Å². The Morgan fingerprint density at radius 2 is 1.81 bits per heavy atom. The number of hydrogen-bond donors (Lipinski definition) is 3. The van der Waals surface area contributed by atoms with Crippen molar-refractivity contribution in [2.75, 3.05) is 60.9 Å². The van der Waals surface area contributed by atoms with E-state index in [0.717, 1.165) is 75.0 Å². The van der Waals surface area contributed by atoms with Gasteiger partial charge in [-0.15, -0.1) is 0 Å². The van der Waals surface area contributed by atoms with Crippen molar-refractivity contribution in [2.24, 2.45) is 18.7 Å². The first-order chi connectivity index (χ1) is 28.5. The predicted octanol–water partition coefficient (Wildman–Crippen LogP) is 3.95. The van der Waals surface area contributed by atoms with E-state index in [4.69, 9.17) is 5.73 Å². The van der Waals surface area contributed by atoms with Crippen LogP contribution in [-0.4, -0.2) is 115 Å². The van der Waals surface area contributed by atoms with Crippen molar-refractivity contribution in [1.29, 1.82) is 0 Å². The first-order valence-corrected chi connectivity index (χ1v) is 20.4. The molecule has 0 spiro atoms. The predicted molar refractivity (Wildman–Crippen MR) is 213 cm³/mol. The molecule has 1 saturated carbocycles. The number of amides is 3. The third kappa shape index (κ3) is 7.84. The number of rotatable bonds is 9. The number of fused-ring (bicyclic) bond motifs is 2. The molecule has 3 atom stereocenters. The zero-order valence-electron chi connectivity index (χ0n) is 32.8. The Bertz CT molecular complexity index is 2370. The van der Waals surface area contributed by atoms with E-state index in [-0.39, 0.29) is 53.8 Å². The first kappa shape index (κ1) is 38.9. The number of hydrogen-bond acceptors (Lipinski definition) is 11. The quantitative estimate of drug-likeness (QED) is 0.184. The molecule has 312 valence electrons. The molecule has 1 aliphatic carbocycles. The number of aryl methyl sites for hydroxylation is 1. The molecule has 0 radical (unpaired) electrons. The molecule has 16 nitrogen and oxygen atoms in total. The Morgan fingerprint density at radius 3 is 2.56 bits per heavy atom. The lowest BCUT2D eigenvalue weighted by Gasteiger charge is -2.39. The van der Waals surface area contributed by atoms with Gasteiger partial charge in [-0.2, -0.15) is 15.3 Å². The van der Waals surface area contributed by atoms with Crippen molar-refractivity contribution in [3.63, 3.8) is 0 Å². The fourth-order valence-electron chi connectivity index (χ4n) is 9.32. The normalized spacial score (nSPS) is 24.7. The Balaban J connectivity index is 0.791. The number of imide groups is 1. The van der Waals surface area contributed by atoms with Gasteiger partial charge in [-0.05, 0) is 68.7 Å². The number of alkyl halides is 3. The molecule has 1 aromatic carbocycles. The van der Waals surface area contributed by atoms with Gasteiger partial charge in [0.25, 0.3) is 12.3 Å². The van der Waals surface area contributed by atoms with Gasteiger partial charge < -0.3 is 20.9 Å². The number of piperazine rings is 1. The number of benzene rings is 1. The Kier molecular flexibility index (Phi) is 10.5. The highest BCUT2D eigenvalue weighted by molar-refractivity contribution is 6.08. The van der Waals surface area contributed by atoms with Gasteiger partial charge in [0.05, 0.1) is 41.6 Å². The van der Waals surface area contributed by atoms with E-state index < -0.39 is 30.1 Å². The Labute approximate surface area is 337 Å². The molecule has 0 bridgehead atoms. The second-order valence-electron chi connectivity index (χ2n) is 16.4. The van der Waals surface area contributed by atoms with Crippen LogP contribution in [0.1, 0.15) is 85.1 Å². The average molecular weight is 816 g/mol. The molecule has 9 rings (SSSR count). The smallest absolute Gasteiger partial charge is 0.284 e. The highest BCUT2D eigenvalue weighted by Crippen LogP contribution is 2.36. The summed E-state index contributed by atoms with van der Waals surface area (Å²) in [6.45, 7) is 5.09. The van der Waals surface area contributed by atoms with E-state index in [2.05, 4.69) is 52.8 Å². The van der Waals surface area contributed by atoms with E-state index >= 15 is 0 Å². The van der Waals surface area contributed by atoms with Crippen molar-refractivity contribution >= 4 is 51.5 Å². The minimum atomic E-state index is -2.89. The number of anilines is 3. The van der Waals surface area contributed by atoms with Gasteiger partial charge in [0.15, 0.2) is 11.3 Å². The topological polar surface area (TPSA) is 177 Å². The average Bonchev–Trinajstić information content (AvgIpc) is 3.93. The first-order valence-electron chi connectivity index (χ1n) is 20.4. The lowest BCUT2D eigenvalue weighted by atomic mass is 9.85. The number of carbonyl (C=O) groups excluding carboxylic acids is 3. The number of carbonyl (C=O) groups is 3. The number of halogens is 3. The van der Waals surface area contributed by atoms with Crippen molar-refractivity contribution < 1.29 is 27.6 Å². The molecular formula is C40H48F3N13O3. The molecule has 3 aliphatic heterocycles. The van der Waals surface area contributed by atoms with Crippen molar-refractivity contribution in [2.45, 2.75) is 75.5 Å². The maximum Gasteiger partial charge on any atom is 0.284 e. The highest BCUT2D eigenvalue weighted by atomic mass is 19.3. The molecule has 4 aliphatic rings. The van der Waals surface area contributed by atoms with Crippen LogP contribution in [0, 0.1) is 5.92 Å². The molecular weight excluding hydrogens is 768 g/mol. The van der Waals surface area contributed by atoms with Gasteiger partial charge in [-0.25, -0.2) is 22.7 Å². The van der Waals surface area contributed by atoms with Gasteiger partial charge in [0, 0.05) is 82.2 Å². The summed E-state index contributed by atoms with van der Waals surface area (Å²) in [7, 11) is 1.88. The molecule has 19 heteroatoms. The molecule has 3 saturated heterocycles. The monoisotopic (exact) mass is 815 g/mol. The number of piperidine rings is 2. The van der Waals surface area contributed by atoms with Crippen LogP contribution in [0.2, 0.25) is 0 Å². The zero-order valence-corrected chi connectivity index (χ0v) is 32.8. The summed E-state index contributed by atoms with van der Waals surface area (Å²) >= 11 is 0. The lowest BCUT2D eigenvalue weighted by Crippen LogP contribution is -2.48. The molecule has 4 N–H and O–H groups in total. The Morgan fingerprint density at radius 1 is 1.02 bits per heavy atom. The van der Waals surface area contributed by atoms with Crippen molar-refractivity contribution in [3.8, 4) is 0 Å². The van der Waals surface area contributed by atoms with Gasteiger partial charge >= 0.3 is 0 Å². The maximum absolute atomic E-state index is 14.3. The van der Waals surface area contributed by atoms with Crippen LogP contribution >= 0.6 is 0 Å². The fraction of sp³-hybridized carbons (Fsp3) is 0.525. The third-order valence-corrected chi connectivity index (χ3v) is 12.4. The summed E-state index contributed by atoms with van der Waals surface area (Å²) in [5.41, 5.74) is 8.55. The van der Waals surface area contributed by atoms with E-state index in [1.165, 1.54) is 16.9 Å². The van der Waals surface area contributed by atoms with E-state index in [9.17, 15) is 27.6 Å². The fourth-order valence-corrected chi connectivity index (χ4v) is 9.32. The number of nitrogens with one attached hydrogen (secondary N) is 2. The second-order valence-corrected chi connectivity index (χ2v) is 16.4. The van der Waals surface area contributed by atoms with Crippen LogP contribution in [-0.2, 0) is 16.6 Å². The standard InChI is InChI=1S/C40H48F3N13O3/c1-51-32-17-27(6-7-28(32)35(49-51)29-8-9-34(57)48-39(29)58)53-14-12-52(13-15-53)19-23-2-4-26(5-3-23)56-22-31(36(50-56)37(42)43)46-40(59)30-18-45-55-11-10-33(47-38(30)55)54-20-24(41)16-25(44)21-54/h6-7,10-11,17-18,22-26,29,37H,2-5,8-9,12-16,19-21,44H2,1H3,(H,46,59)(H,48,57,58)/t23?,24-,25-,26?,29?/m1/s1. The van der Waals surface area contributed by atoms with Crippen LogP contribution in [0.5, 0.6) is 0 Å². The van der Waals surface area contributed by atoms with E-state index in [1.807, 2.05) is 17.8 Å². The van der Waals surface area contributed by atoms with Crippen LogP contribution in [0.15, 0.2) is 42.9 Å². The zero-order chi connectivity index (χ0) is 40.9. The molecule has 5 aromatic rings. The molecule has 7 heterocycles. The van der Waals surface area contributed by atoms with Crippen LogP contribution in [0.25, 0.3) is 16.6 Å². The van der Waals surface area contributed by atoms with Gasteiger partial charge in [0.1, 0.15) is 17.6 Å². The summed E-state index contributed by atoms with van der Waals surface area (Å²) < 4.78 is 47.6. The Hall–Kier alpha value is -5.56. The van der Waals surface area contributed by atoms with Crippen LogP contribution < -0.4 is 26.2 Å². The van der Waals surface area contributed by atoms with Crippen molar-refractivity contribution in [1.82, 2.24) is 44.4 Å². The molecule has 4 fully saturated rings. The van der Waals surface area contributed by atoms with Gasteiger partial charge in [-0.3, -0.25) is 34.0 Å². The minimum absolute atomic E-state index is 0.0555. The summed E-state index contributed by atoms with van der Waals surface area (Å²) in [5, 5.41) is 19.2. The van der Waals surface area contributed by atoms with Crippen molar-refractivity contribution in [3.05, 3.63) is 59.8 Å². The molecule has 3 amide bonds. The minimum Gasteiger partial charge on any atom is -0.369 e. The van der Waals surface area contributed by atoms with E-state index in [0.29, 0.717) is 36.8 Å². The van der Waals surface area contributed by atoms with Gasteiger partial charge in [0.2, 0.25) is 11.8 Å². The SMILES string of the molecule is Cn1nc(C2CCC(=O)NC2=O)c2ccc(N3CCN(CC4CCC(n5cc(NC(=O)c6cnn7ccc(N8C[C@H](N)C[C@@H](F)C8)nc67)c(C(F)F)n5)CC4)CC3)cc21. The number of nitrogens with two attached hydrogens (primary N) is 1. The van der Waals surface area contributed by atoms with Gasteiger partial charge in [-0.1, -0.05) is 0 Å².